The number of ether oxygens (including phenoxy) is 2. The van der Waals surface area contributed by atoms with Crippen LogP contribution in [0.15, 0.2) is 0 Å². The number of benzene rings is 1. The van der Waals surface area contributed by atoms with Crippen molar-refractivity contribution in [1.29, 1.82) is 0 Å². The molecule has 0 atom stereocenters. The van der Waals surface area contributed by atoms with E-state index >= 15 is 0 Å². The van der Waals surface area contributed by atoms with Gasteiger partial charge < -0.3 is 13.9 Å². The molecule has 0 N–H and O–H groups in total. The summed E-state index contributed by atoms with van der Waals surface area (Å²) in [6.07, 6.45) is 1.37. The van der Waals surface area contributed by atoms with Gasteiger partial charge >= 0.3 is 0 Å². The Labute approximate surface area is 159 Å². The Morgan fingerprint density at radius 3 is 1.67 bits per heavy atom. The van der Waals surface area contributed by atoms with Crippen molar-refractivity contribution in [2.45, 2.75) is 78.1 Å². The molecule has 0 aliphatic carbocycles. The van der Waals surface area contributed by atoms with E-state index in [-0.39, 0.29) is 18.6 Å². The minimum absolute atomic E-state index is 0.0379. The second-order valence-electron chi connectivity index (χ2n) is 6.74. The number of hydrogen-bond donors (Lipinski definition) is 0. The molecule has 0 saturated heterocycles. The van der Waals surface area contributed by atoms with E-state index in [9.17, 15) is 22.0 Å². The number of hydrogen-bond acceptors (Lipinski definition) is 3. The fraction of sp³-hybridized carbons (Fsp3) is 0.667. The number of halogens is 5. The zero-order chi connectivity index (χ0) is 20.6. The van der Waals surface area contributed by atoms with E-state index in [0.29, 0.717) is 12.8 Å². The predicted octanol–water partition coefficient (Wildman–Crippen LogP) is 4.75. The predicted molar refractivity (Wildman–Crippen MR) is 94.5 cm³/mol. The summed E-state index contributed by atoms with van der Waals surface area (Å²) in [6.45, 7) is 6.80. The molecular weight excluding hydrogens is 387 g/mol. The van der Waals surface area contributed by atoms with Gasteiger partial charge in [-0.05, 0) is 46.6 Å². The summed E-state index contributed by atoms with van der Waals surface area (Å²) in [5, 5.41) is 0. The molecule has 0 aromatic heterocycles. The summed E-state index contributed by atoms with van der Waals surface area (Å²) in [4.78, 5) is 0. The van der Waals surface area contributed by atoms with Crippen LogP contribution < -0.4 is 0 Å². The average molecular weight is 414 g/mol. The third kappa shape index (κ3) is 7.85. The highest BCUT2D eigenvalue weighted by molar-refractivity contribution is 6.27. The Kier molecular flexibility index (Phi) is 10.4. The molecule has 1 aromatic rings. The third-order valence-corrected chi connectivity index (χ3v) is 4.94. The van der Waals surface area contributed by atoms with Crippen LogP contribution in [0.3, 0.4) is 0 Å². The lowest BCUT2D eigenvalue weighted by molar-refractivity contribution is -0.275. The maximum atomic E-state index is 13.6. The first-order valence-electron chi connectivity index (χ1n) is 9.08. The fourth-order valence-electron chi connectivity index (χ4n) is 2.36. The van der Waals surface area contributed by atoms with E-state index in [1.165, 1.54) is 0 Å². The van der Waals surface area contributed by atoms with Crippen LogP contribution in [0.25, 0.3) is 0 Å². The van der Waals surface area contributed by atoms with Crippen LogP contribution >= 0.6 is 0 Å². The molecule has 0 aliphatic heterocycles. The monoisotopic (exact) mass is 414 g/mol. The molecule has 0 heterocycles. The van der Waals surface area contributed by atoms with Gasteiger partial charge in [-0.1, -0.05) is 12.8 Å². The van der Waals surface area contributed by atoms with Crippen molar-refractivity contribution in [3.05, 3.63) is 34.6 Å². The summed E-state index contributed by atoms with van der Waals surface area (Å²) in [7, 11) is -0.914. The molecule has 0 radical (unpaired) electrons. The fourth-order valence-corrected chi connectivity index (χ4v) is 3.44. The topological polar surface area (TPSA) is 27.7 Å². The Hall–Kier alpha value is -1.03. The molecule has 0 bridgehead atoms. The maximum absolute atomic E-state index is 13.6. The lowest BCUT2D eigenvalue weighted by Gasteiger charge is -2.23. The second kappa shape index (κ2) is 11.7. The van der Waals surface area contributed by atoms with Gasteiger partial charge in [-0.2, -0.15) is 0 Å². The second-order valence-corrected chi connectivity index (χ2v) is 8.19. The third-order valence-electron chi connectivity index (χ3n) is 3.64. The lowest BCUT2D eigenvalue weighted by atomic mass is 10.1. The Morgan fingerprint density at radius 1 is 0.704 bits per heavy atom. The van der Waals surface area contributed by atoms with Crippen molar-refractivity contribution < 1.29 is 35.9 Å². The number of rotatable bonds is 12. The summed E-state index contributed by atoms with van der Waals surface area (Å²) >= 11 is 0. The van der Waals surface area contributed by atoms with Crippen molar-refractivity contribution in [3.8, 4) is 0 Å². The highest BCUT2D eigenvalue weighted by Gasteiger charge is 2.25. The lowest BCUT2D eigenvalue weighted by Crippen LogP contribution is -2.28. The largest absolute Gasteiger partial charge is 0.379 e. The molecule has 1 aromatic carbocycles. The van der Waals surface area contributed by atoms with Crippen molar-refractivity contribution in [2.75, 3.05) is 0 Å². The van der Waals surface area contributed by atoms with Gasteiger partial charge in [0.15, 0.2) is 33.0 Å². The van der Waals surface area contributed by atoms with Crippen LogP contribution in [0.5, 0.6) is 0 Å². The maximum Gasteiger partial charge on any atom is 0.262 e. The van der Waals surface area contributed by atoms with E-state index in [4.69, 9.17) is 13.9 Å². The first-order chi connectivity index (χ1) is 12.6. The van der Waals surface area contributed by atoms with Crippen molar-refractivity contribution in [2.24, 2.45) is 0 Å². The molecule has 0 amide bonds. The van der Waals surface area contributed by atoms with Gasteiger partial charge in [0.05, 0.1) is 12.2 Å². The summed E-state index contributed by atoms with van der Waals surface area (Å²) in [6, 6.07) is 0.788. The molecule has 27 heavy (non-hydrogen) atoms. The van der Waals surface area contributed by atoms with E-state index in [0.717, 1.165) is 12.5 Å². The van der Waals surface area contributed by atoms with E-state index in [2.05, 4.69) is 0 Å². The minimum atomic E-state index is -2.13. The molecule has 3 nitrogen and oxygen atoms in total. The van der Waals surface area contributed by atoms with Crippen molar-refractivity contribution in [1.82, 2.24) is 0 Å². The normalized spacial score (nSPS) is 12.4. The van der Waals surface area contributed by atoms with Crippen molar-refractivity contribution in [3.63, 3.8) is 0 Å². The van der Waals surface area contributed by atoms with Crippen molar-refractivity contribution >= 4 is 9.76 Å². The van der Waals surface area contributed by atoms with E-state index in [1.807, 2.05) is 27.7 Å². The summed E-state index contributed by atoms with van der Waals surface area (Å²) < 4.78 is 83.1. The number of unbranched alkanes of at least 4 members (excludes halogenated alkanes) is 2. The summed E-state index contributed by atoms with van der Waals surface area (Å²) in [5.74, 6) is -9.41. The SMILES string of the molecule is CC(C)OC(O[SiH2]CCCCCc1c(F)c(F)c(F)c(F)c1F)OC(C)C. The quantitative estimate of drug-likeness (QED) is 0.123. The zero-order valence-electron chi connectivity index (χ0n) is 16.1. The van der Waals surface area contributed by atoms with Gasteiger partial charge in [0.1, 0.15) is 0 Å². The molecule has 9 heteroatoms. The molecule has 0 fully saturated rings. The Morgan fingerprint density at radius 2 is 1.19 bits per heavy atom. The Bertz CT molecular complexity index is 560. The highest BCUT2D eigenvalue weighted by Crippen LogP contribution is 2.24. The first kappa shape index (κ1) is 24.0. The zero-order valence-corrected chi connectivity index (χ0v) is 17.5. The van der Waals surface area contributed by atoms with Gasteiger partial charge in [-0.15, -0.1) is 0 Å². The van der Waals surface area contributed by atoms with Gasteiger partial charge in [0, 0.05) is 5.56 Å². The van der Waals surface area contributed by atoms with Crippen LogP contribution in [0.1, 0.15) is 52.5 Å². The molecule has 0 aliphatic rings. The van der Waals surface area contributed by atoms with E-state index in [1.54, 1.807) is 0 Å². The van der Waals surface area contributed by atoms with Gasteiger partial charge in [0.2, 0.25) is 5.82 Å². The molecule has 156 valence electrons. The van der Waals surface area contributed by atoms with Crippen LogP contribution in [0.4, 0.5) is 22.0 Å². The van der Waals surface area contributed by atoms with Gasteiger partial charge in [-0.25, -0.2) is 22.0 Å². The summed E-state index contributed by atoms with van der Waals surface area (Å²) in [5.41, 5.74) is -0.754. The standard InChI is InChI=1S/C18H27F5O3Si/c1-10(2)24-18(25-11(3)4)26-27-9-7-5-6-8-12-13(19)15(21)17(23)16(22)14(12)20/h10-11,18H,5-9,27H2,1-4H3. The van der Waals surface area contributed by atoms with Gasteiger partial charge in [0.25, 0.3) is 6.48 Å². The average Bonchev–Trinajstić information content (AvgIpc) is 2.58. The molecular formula is C18H27F5O3Si. The Balaban J connectivity index is 2.35. The first-order valence-corrected chi connectivity index (χ1v) is 10.7. The van der Waals surface area contributed by atoms with Gasteiger partial charge in [-0.3, -0.25) is 0 Å². The molecule has 0 spiro atoms. The molecule has 0 saturated carbocycles. The molecule has 1 rings (SSSR count). The van der Waals surface area contributed by atoms with Crippen LogP contribution in [0.2, 0.25) is 6.04 Å². The smallest absolute Gasteiger partial charge is 0.262 e. The molecule has 0 unspecified atom stereocenters. The van der Waals surface area contributed by atoms with E-state index < -0.39 is 50.9 Å². The van der Waals surface area contributed by atoms with Crippen LogP contribution in [-0.2, 0) is 20.3 Å². The minimum Gasteiger partial charge on any atom is -0.379 e. The van der Waals surface area contributed by atoms with Crippen LogP contribution in [0, 0.1) is 29.1 Å². The highest BCUT2D eigenvalue weighted by atomic mass is 28.2. The van der Waals surface area contributed by atoms with Crippen LogP contribution in [-0.4, -0.2) is 28.4 Å².